The molecule has 2 aromatic carbocycles. The Kier molecular flexibility index (Phi) is 5.13. The summed E-state index contributed by atoms with van der Waals surface area (Å²) in [5.41, 5.74) is 3.67. The van der Waals surface area contributed by atoms with Gasteiger partial charge in [-0.15, -0.1) is 0 Å². The van der Waals surface area contributed by atoms with Crippen molar-refractivity contribution in [3.8, 4) is 0 Å². The topological polar surface area (TPSA) is 32.3 Å². The molecule has 100 valence electrons. The summed E-state index contributed by atoms with van der Waals surface area (Å²) in [4.78, 5) is 0. The van der Waals surface area contributed by atoms with E-state index in [1.165, 1.54) is 16.7 Å². The number of aryl methyl sites for hydroxylation is 1. The standard InChI is InChI=1S/C17H21NO/c1-14-6-5-9-16(10-14)11-17(19)13-18-12-15-7-3-2-4-8-15/h2-10,17-19H,11-13H2,1H3/t17-/m0/s1. The summed E-state index contributed by atoms with van der Waals surface area (Å²) in [6.45, 7) is 3.48. The van der Waals surface area contributed by atoms with Gasteiger partial charge in [-0.25, -0.2) is 0 Å². The second-order valence-electron chi connectivity index (χ2n) is 4.96. The minimum absolute atomic E-state index is 0.342. The molecule has 0 aliphatic heterocycles. The number of aliphatic hydroxyl groups is 1. The molecule has 1 atom stereocenters. The zero-order chi connectivity index (χ0) is 13.5. The fourth-order valence-electron chi connectivity index (χ4n) is 2.16. The molecule has 0 amide bonds. The van der Waals surface area contributed by atoms with Crippen molar-refractivity contribution in [2.45, 2.75) is 26.0 Å². The smallest absolute Gasteiger partial charge is 0.0704 e. The molecule has 0 aliphatic rings. The van der Waals surface area contributed by atoms with Gasteiger partial charge in [-0.05, 0) is 24.5 Å². The average Bonchev–Trinajstić information content (AvgIpc) is 2.40. The van der Waals surface area contributed by atoms with Gasteiger partial charge in [0.25, 0.3) is 0 Å². The van der Waals surface area contributed by atoms with Crippen LogP contribution in [0.3, 0.4) is 0 Å². The third-order valence-electron chi connectivity index (χ3n) is 3.11. The minimum atomic E-state index is -0.342. The van der Waals surface area contributed by atoms with Crippen LogP contribution in [-0.4, -0.2) is 17.8 Å². The molecule has 0 aromatic heterocycles. The van der Waals surface area contributed by atoms with E-state index in [1.807, 2.05) is 24.3 Å². The van der Waals surface area contributed by atoms with Gasteiger partial charge in [0.2, 0.25) is 0 Å². The Hall–Kier alpha value is -1.64. The molecule has 2 N–H and O–H groups in total. The third-order valence-corrected chi connectivity index (χ3v) is 3.11. The van der Waals surface area contributed by atoms with Gasteiger partial charge in [0.15, 0.2) is 0 Å². The van der Waals surface area contributed by atoms with Gasteiger partial charge in [0.1, 0.15) is 0 Å². The van der Waals surface area contributed by atoms with E-state index < -0.39 is 0 Å². The molecule has 0 saturated heterocycles. The summed E-state index contributed by atoms with van der Waals surface area (Å²) in [7, 11) is 0. The number of rotatable bonds is 6. The summed E-state index contributed by atoms with van der Waals surface area (Å²) in [5, 5.41) is 13.3. The van der Waals surface area contributed by atoms with Crippen LogP contribution in [0.2, 0.25) is 0 Å². The highest BCUT2D eigenvalue weighted by molar-refractivity contribution is 5.22. The number of benzene rings is 2. The largest absolute Gasteiger partial charge is 0.391 e. The lowest BCUT2D eigenvalue weighted by molar-refractivity contribution is 0.171. The van der Waals surface area contributed by atoms with Crippen molar-refractivity contribution < 1.29 is 5.11 Å². The van der Waals surface area contributed by atoms with E-state index in [4.69, 9.17) is 0 Å². The minimum Gasteiger partial charge on any atom is -0.391 e. The molecule has 0 fully saturated rings. The molecule has 0 aliphatic carbocycles. The van der Waals surface area contributed by atoms with Crippen molar-refractivity contribution in [1.82, 2.24) is 5.32 Å². The molecular weight excluding hydrogens is 234 g/mol. The van der Waals surface area contributed by atoms with E-state index in [9.17, 15) is 5.11 Å². The SMILES string of the molecule is Cc1cccc(C[C@H](O)CNCc2ccccc2)c1. The Balaban J connectivity index is 1.74. The summed E-state index contributed by atoms with van der Waals surface area (Å²) in [5.74, 6) is 0. The van der Waals surface area contributed by atoms with Crippen molar-refractivity contribution in [2.75, 3.05) is 6.54 Å². The molecule has 0 radical (unpaired) electrons. The first-order valence-corrected chi connectivity index (χ1v) is 6.72. The predicted octanol–water partition coefficient (Wildman–Crippen LogP) is 2.69. The number of hydrogen-bond donors (Lipinski definition) is 2. The van der Waals surface area contributed by atoms with Crippen LogP contribution < -0.4 is 5.32 Å². The molecule has 0 heterocycles. The maximum absolute atomic E-state index is 10.0. The molecule has 2 rings (SSSR count). The fourth-order valence-corrected chi connectivity index (χ4v) is 2.16. The van der Waals surface area contributed by atoms with Gasteiger partial charge < -0.3 is 10.4 Å². The van der Waals surface area contributed by atoms with Crippen LogP contribution in [0.4, 0.5) is 0 Å². The summed E-state index contributed by atoms with van der Waals surface area (Å²) in [6.07, 6.45) is 0.356. The van der Waals surface area contributed by atoms with Crippen molar-refractivity contribution >= 4 is 0 Å². The second-order valence-corrected chi connectivity index (χ2v) is 4.96. The van der Waals surface area contributed by atoms with Crippen LogP contribution in [0.1, 0.15) is 16.7 Å². The lowest BCUT2D eigenvalue weighted by Gasteiger charge is -2.12. The highest BCUT2D eigenvalue weighted by atomic mass is 16.3. The normalized spacial score (nSPS) is 12.3. The van der Waals surface area contributed by atoms with Gasteiger partial charge in [-0.3, -0.25) is 0 Å². The van der Waals surface area contributed by atoms with Crippen molar-refractivity contribution in [3.05, 3.63) is 71.3 Å². The van der Waals surface area contributed by atoms with Crippen LogP contribution in [0.15, 0.2) is 54.6 Å². The Morgan fingerprint density at radius 2 is 1.74 bits per heavy atom. The highest BCUT2D eigenvalue weighted by Gasteiger charge is 2.05. The summed E-state index contributed by atoms with van der Waals surface area (Å²) < 4.78 is 0. The van der Waals surface area contributed by atoms with Crippen LogP contribution >= 0.6 is 0 Å². The van der Waals surface area contributed by atoms with Crippen LogP contribution in [0, 0.1) is 6.92 Å². The molecule has 2 nitrogen and oxygen atoms in total. The maximum Gasteiger partial charge on any atom is 0.0704 e. The average molecular weight is 255 g/mol. The van der Waals surface area contributed by atoms with E-state index in [2.05, 4.69) is 42.6 Å². The van der Waals surface area contributed by atoms with E-state index in [1.54, 1.807) is 0 Å². The van der Waals surface area contributed by atoms with Crippen molar-refractivity contribution in [3.63, 3.8) is 0 Å². The first kappa shape index (κ1) is 13.8. The molecule has 0 spiro atoms. The van der Waals surface area contributed by atoms with Crippen molar-refractivity contribution in [2.24, 2.45) is 0 Å². The monoisotopic (exact) mass is 255 g/mol. The fraction of sp³-hybridized carbons (Fsp3) is 0.294. The zero-order valence-corrected chi connectivity index (χ0v) is 11.3. The van der Waals surface area contributed by atoms with Gasteiger partial charge in [-0.2, -0.15) is 0 Å². The third kappa shape index (κ3) is 4.86. The first-order chi connectivity index (χ1) is 9.24. The maximum atomic E-state index is 10.0. The summed E-state index contributed by atoms with van der Waals surface area (Å²) >= 11 is 0. The Labute approximate surface area is 115 Å². The molecular formula is C17H21NO. The molecule has 0 unspecified atom stereocenters. The van der Waals surface area contributed by atoms with Crippen LogP contribution in [0.5, 0.6) is 0 Å². The number of hydrogen-bond acceptors (Lipinski definition) is 2. The van der Waals surface area contributed by atoms with Gasteiger partial charge in [-0.1, -0.05) is 60.2 Å². The second kappa shape index (κ2) is 7.07. The lowest BCUT2D eigenvalue weighted by atomic mass is 10.1. The Morgan fingerprint density at radius 3 is 2.47 bits per heavy atom. The Bertz CT molecular complexity index is 496. The first-order valence-electron chi connectivity index (χ1n) is 6.72. The van der Waals surface area contributed by atoms with Gasteiger partial charge in [0.05, 0.1) is 6.10 Å². The molecule has 0 saturated carbocycles. The molecule has 2 heteroatoms. The Morgan fingerprint density at radius 1 is 1.00 bits per heavy atom. The number of nitrogens with one attached hydrogen (secondary N) is 1. The number of aliphatic hydroxyl groups excluding tert-OH is 1. The predicted molar refractivity (Wildman–Crippen MR) is 79.0 cm³/mol. The quantitative estimate of drug-likeness (QED) is 0.832. The lowest BCUT2D eigenvalue weighted by Crippen LogP contribution is -2.28. The van der Waals surface area contributed by atoms with Gasteiger partial charge >= 0.3 is 0 Å². The summed E-state index contributed by atoms with van der Waals surface area (Å²) in [6, 6.07) is 18.5. The van der Waals surface area contributed by atoms with Gasteiger partial charge in [0, 0.05) is 13.1 Å². The highest BCUT2D eigenvalue weighted by Crippen LogP contribution is 2.06. The van der Waals surface area contributed by atoms with E-state index in [0.29, 0.717) is 13.0 Å². The van der Waals surface area contributed by atoms with Crippen LogP contribution in [-0.2, 0) is 13.0 Å². The van der Waals surface area contributed by atoms with E-state index >= 15 is 0 Å². The molecule has 19 heavy (non-hydrogen) atoms. The molecule has 0 bridgehead atoms. The van der Waals surface area contributed by atoms with Crippen LogP contribution in [0.25, 0.3) is 0 Å². The van der Waals surface area contributed by atoms with E-state index in [-0.39, 0.29) is 6.10 Å². The molecule has 2 aromatic rings. The zero-order valence-electron chi connectivity index (χ0n) is 11.3. The van der Waals surface area contributed by atoms with Crippen molar-refractivity contribution in [1.29, 1.82) is 0 Å². The van der Waals surface area contributed by atoms with E-state index in [0.717, 1.165) is 6.54 Å².